The molecule has 1 aliphatic carbocycles. The molecule has 1 aliphatic rings. The first kappa shape index (κ1) is 19.0. The second-order valence-corrected chi connectivity index (χ2v) is 6.84. The Labute approximate surface area is 159 Å². The number of methoxy groups -OCH3 is 2. The van der Waals surface area contributed by atoms with E-state index >= 15 is 0 Å². The highest BCUT2D eigenvalue weighted by molar-refractivity contribution is 5.99. The topological polar surface area (TPSA) is 93.8 Å². The Morgan fingerprint density at radius 1 is 1.00 bits per heavy atom. The number of carbonyl (C=O) groups excluding carboxylic acids is 1. The Kier molecular flexibility index (Phi) is 5.86. The maximum Gasteiger partial charge on any atom is 0.250 e. The van der Waals surface area contributed by atoms with E-state index in [0.717, 1.165) is 42.5 Å². The molecular formula is C21H26N2O4. The van der Waals surface area contributed by atoms with E-state index in [0.29, 0.717) is 17.1 Å². The number of nitrogens with one attached hydrogen (secondary N) is 1. The summed E-state index contributed by atoms with van der Waals surface area (Å²) in [6, 6.07) is 11.5. The molecule has 2 aromatic rings. The number of rotatable bonds is 6. The van der Waals surface area contributed by atoms with E-state index in [1.54, 1.807) is 20.3 Å². The molecule has 144 valence electrons. The number of carbonyl (C=O) groups is 1. The lowest BCUT2D eigenvalue weighted by atomic mass is 9.92. The highest BCUT2D eigenvalue weighted by Crippen LogP contribution is 2.34. The van der Waals surface area contributed by atoms with Crippen LogP contribution < -0.4 is 20.5 Å². The summed E-state index contributed by atoms with van der Waals surface area (Å²) in [4.78, 5) is 11.9. The molecule has 1 fully saturated rings. The van der Waals surface area contributed by atoms with Gasteiger partial charge in [0, 0.05) is 11.7 Å². The van der Waals surface area contributed by atoms with Gasteiger partial charge < -0.3 is 25.6 Å². The minimum absolute atomic E-state index is 0.215. The number of hydrogen-bond donors (Lipinski definition) is 3. The normalized spacial score (nSPS) is 19.4. The second-order valence-electron chi connectivity index (χ2n) is 6.84. The Hall–Kier alpha value is -2.73. The van der Waals surface area contributed by atoms with Crippen LogP contribution in [0.1, 0.15) is 36.0 Å². The molecule has 27 heavy (non-hydrogen) atoms. The molecule has 1 saturated carbocycles. The molecule has 0 aromatic heterocycles. The van der Waals surface area contributed by atoms with Gasteiger partial charge in [-0.2, -0.15) is 0 Å². The van der Waals surface area contributed by atoms with Gasteiger partial charge in [0.15, 0.2) is 11.5 Å². The van der Waals surface area contributed by atoms with Gasteiger partial charge in [-0.15, -0.1) is 0 Å². The molecule has 6 nitrogen and oxygen atoms in total. The Morgan fingerprint density at radius 2 is 1.63 bits per heavy atom. The molecule has 0 aliphatic heterocycles. The van der Waals surface area contributed by atoms with Gasteiger partial charge >= 0.3 is 0 Å². The fourth-order valence-electron chi connectivity index (χ4n) is 3.51. The molecule has 0 saturated heterocycles. The van der Waals surface area contributed by atoms with Crippen molar-refractivity contribution in [2.24, 2.45) is 5.73 Å². The smallest absolute Gasteiger partial charge is 0.250 e. The van der Waals surface area contributed by atoms with Crippen LogP contribution in [0.25, 0.3) is 11.1 Å². The number of aliphatic hydroxyl groups is 1. The molecule has 0 unspecified atom stereocenters. The number of ether oxygens (including phenoxy) is 2. The Bertz CT molecular complexity index is 814. The van der Waals surface area contributed by atoms with Gasteiger partial charge in [-0.1, -0.05) is 12.1 Å². The zero-order valence-corrected chi connectivity index (χ0v) is 15.7. The molecule has 0 radical (unpaired) electrons. The molecule has 0 bridgehead atoms. The number of nitrogens with two attached hydrogens (primary N) is 1. The van der Waals surface area contributed by atoms with E-state index in [-0.39, 0.29) is 12.1 Å². The fraction of sp³-hybridized carbons (Fsp3) is 0.381. The van der Waals surface area contributed by atoms with Gasteiger partial charge in [0.05, 0.1) is 25.9 Å². The molecule has 0 atom stereocenters. The number of aliphatic hydroxyl groups excluding tert-OH is 1. The zero-order valence-electron chi connectivity index (χ0n) is 15.7. The van der Waals surface area contributed by atoms with Crippen molar-refractivity contribution >= 4 is 11.6 Å². The van der Waals surface area contributed by atoms with Gasteiger partial charge in [0.1, 0.15) is 0 Å². The highest BCUT2D eigenvalue weighted by Gasteiger charge is 2.21. The number of amides is 1. The van der Waals surface area contributed by atoms with Crippen molar-refractivity contribution in [3.8, 4) is 22.6 Å². The summed E-state index contributed by atoms with van der Waals surface area (Å²) in [6.45, 7) is 0. The van der Waals surface area contributed by atoms with Crippen molar-refractivity contribution in [1.29, 1.82) is 0 Å². The van der Waals surface area contributed by atoms with Crippen molar-refractivity contribution in [2.75, 3.05) is 19.5 Å². The second kappa shape index (κ2) is 8.31. The number of hydrogen-bond acceptors (Lipinski definition) is 5. The van der Waals surface area contributed by atoms with E-state index < -0.39 is 5.91 Å². The first-order valence-corrected chi connectivity index (χ1v) is 9.12. The summed E-state index contributed by atoms with van der Waals surface area (Å²) in [5, 5.41) is 13.1. The van der Waals surface area contributed by atoms with Crippen LogP contribution in [0.3, 0.4) is 0 Å². The van der Waals surface area contributed by atoms with Crippen LogP contribution in [-0.2, 0) is 0 Å². The van der Waals surface area contributed by atoms with Crippen LogP contribution in [0.5, 0.6) is 11.5 Å². The van der Waals surface area contributed by atoms with Crippen molar-refractivity contribution < 1.29 is 19.4 Å². The van der Waals surface area contributed by atoms with E-state index in [4.69, 9.17) is 15.2 Å². The lowest BCUT2D eigenvalue weighted by molar-refractivity contribution is 0.100. The number of primary amides is 1. The lowest BCUT2D eigenvalue weighted by Crippen LogP contribution is -2.29. The third-order valence-corrected chi connectivity index (χ3v) is 5.06. The predicted octanol–water partition coefficient (Wildman–Crippen LogP) is 3.19. The summed E-state index contributed by atoms with van der Waals surface area (Å²) in [5.74, 6) is 0.839. The van der Waals surface area contributed by atoms with E-state index in [2.05, 4.69) is 5.32 Å². The lowest BCUT2D eigenvalue weighted by Gasteiger charge is -2.28. The van der Waals surface area contributed by atoms with Gasteiger partial charge in [0.25, 0.3) is 5.91 Å². The van der Waals surface area contributed by atoms with Crippen LogP contribution >= 0.6 is 0 Å². The van der Waals surface area contributed by atoms with E-state index in [1.165, 1.54) is 0 Å². The van der Waals surface area contributed by atoms with E-state index in [9.17, 15) is 9.90 Å². The SMILES string of the molecule is COc1ccc(-c2ccc(C(N)=O)c(NC3CCC(O)CC3)c2)cc1OC. The molecule has 2 aromatic carbocycles. The largest absolute Gasteiger partial charge is 0.493 e. The van der Waals surface area contributed by atoms with E-state index in [1.807, 2.05) is 30.3 Å². The zero-order chi connectivity index (χ0) is 19.4. The summed E-state index contributed by atoms with van der Waals surface area (Å²) >= 11 is 0. The minimum atomic E-state index is -0.466. The first-order valence-electron chi connectivity index (χ1n) is 9.12. The van der Waals surface area contributed by atoms with Crippen molar-refractivity contribution in [3.05, 3.63) is 42.0 Å². The molecule has 0 heterocycles. The molecule has 4 N–H and O–H groups in total. The van der Waals surface area contributed by atoms with Crippen LogP contribution in [0.2, 0.25) is 0 Å². The van der Waals surface area contributed by atoms with Gasteiger partial charge in [0.2, 0.25) is 0 Å². The van der Waals surface area contributed by atoms with Gasteiger partial charge in [-0.05, 0) is 61.1 Å². The van der Waals surface area contributed by atoms with Crippen LogP contribution in [-0.4, -0.2) is 37.4 Å². The first-order chi connectivity index (χ1) is 13.0. The average Bonchev–Trinajstić information content (AvgIpc) is 2.69. The fourth-order valence-corrected chi connectivity index (χ4v) is 3.51. The molecule has 0 spiro atoms. The maximum atomic E-state index is 11.9. The van der Waals surface area contributed by atoms with Crippen molar-refractivity contribution in [3.63, 3.8) is 0 Å². The third kappa shape index (κ3) is 4.34. The highest BCUT2D eigenvalue weighted by atomic mass is 16.5. The summed E-state index contributed by atoms with van der Waals surface area (Å²) in [5.41, 5.74) is 8.63. The summed E-state index contributed by atoms with van der Waals surface area (Å²) < 4.78 is 10.7. The average molecular weight is 370 g/mol. The Morgan fingerprint density at radius 3 is 2.26 bits per heavy atom. The third-order valence-electron chi connectivity index (χ3n) is 5.06. The minimum Gasteiger partial charge on any atom is -0.493 e. The quantitative estimate of drug-likeness (QED) is 0.726. The van der Waals surface area contributed by atoms with Crippen molar-refractivity contribution in [1.82, 2.24) is 0 Å². The van der Waals surface area contributed by atoms with Crippen LogP contribution in [0, 0.1) is 0 Å². The number of anilines is 1. The molecule has 3 rings (SSSR count). The summed E-state index contributed by atoms with van der Waals surface area (Å²) in [6.07, 6.45) is 3.02. The van der Waals surface area contributed by atoms with Crippen LogP contribution in [0.15, 0.2) is 36.4 Å². The monoisotopic (exact) mass is 370 g/mol. The molecule has 6 heteroatoms. The Balaban J connectivity index is 1.92. The molecule has 1 amide bonds. The van der Waals surface area contributed by atoms with Crippen molar-refractivity contribution in [2.45, 2.75) is 37.8 Å². The standard InChI is InChI=1S/C21H26N2O4/c1-26-19-10-4-14(12-20(19)27-2)13-3-9-17(21(22)25)18(11-13)23-15-5-7-16(24)8-6-15/h3-4,9-12,15-16,23-24H,5-8H2,1-2H3,(H2,22,25). The summed E-state index contributed by atoms with van der Waals surface area (Å²) in [7, 11) is 3.20. The van der Waals surface area contributed by atoms with Gasteiger partial charge in [-0.3, -0.25) is 4.79 Å². The maximum absolute atomic E-state index is 11.9. The van der Waals surface area contributed by atoms with Gasteiger partial charge in [-0.25, -0.2) is 0 Å². The number of benzene rings is 2. The van der Waals surface area contributed by atoms with Crippen LogP contribution in [0.4, 0.5) is 5.69 Å². The molecular weight excluding hydrogens is 344 g/mol. The predicted molar refractivity (Wildman–Crippen MR) is 105 cm³/mol.